The summed E-state index contributed by atoms with van der Waals surface area (Å²) in [6, 6.07) is 0. The number of carbonyl (C=O) groups excluding carboxylic acids is 3. The van der Waals surface area contributed by atoms with Crippen LogP contribution in [0.1, 0.15) is 335 Å². The second-order valence-electron chi connectivity index (χ2n) is 23.1. The molecule has 0 amide bonds. The summed E-state index contributed by atoms with van der Waals surface area (Å²) in [7, 11) is 0. The van der Waals surface area contributed by atoms with Crippen molar-refractivity contribution in [2.75, 3.05) is 13.2 Å². The Labute approximate surface area is 508 Å². The third-order valence-electron chi connectivity index (χ3n) is 15.0. The summed E-state index contributed by atoms with van der Waals surface area (Å²) >= 11 is 0. The molecular weight excluding hydrogens is 1010 g/mol. The minimum atomic E-state index is -0.785. The fourth-order valence-electron chi connectivity index (χ4n) is 9.77. The van der Waals surface area contributed by atoms with Gasteiger partial charge in [0.15, 0.2) is 6.10 Å². The van der Waals surface area contributed by atoms with Crippen LogP contribution >= 0.6 is 0 Å². The first kappa shape index (κ1) is 78.1. The minimum absolute atomic E-state index is 0.0812. The third-order valence-corrected chi connectivity index (χ3v) is 15.0. The maximum atomic E-state index is 12.9. The quantitative estimate of drug-likeness (QED) is 0.0261. The van der Waals surface area contributed by atoms with Gasteiger partial charge in [-0.1, -0.05) is 297 Å². The van der Waals surface area contributed by atoms with Crippen LogP contribution in [0.4, 0.5) is 0 Å². The molecule has 0 aliphatic rings. The number of ether oxygens (including phenoxy) is 3. The molecule has 0 heterocycles. The van der Waals surface area contributed by atoms with Crippen LogP contribution in [-0.4, -0.2) is 37.2 Å². The molecule has 82 heavy (non-hydrogen) atoms. The molecule has 0 saturated carbocycles. The molecule has 0 radical (unpaired) electrons. The molecule has 0 fully saturated rings. The van der Waals surface area contributed by atoms with E-state index in [9.17, 15) is 14.4 Å². The zero-order valence-electron chi connectivity index (χ0n) is 54.0. The lowest BCUT2D eigenvalue weighted by atomic mass is 10.0. The third kappa shape index (κ3) is 66.9. The van der Waals surface area contributed by atoms with Crippen molar-refractivity contribution in [2.45, 2.75) is 341 Å². The molecule has 6 nitrogen and oxygen atoms in total. The van der Waals surface area contributed by atoms with Crippen molar-refractivity contribution in [3.8, 4) is 0 Å². The van der Waals surface area contributed by atoms with Gasteiger partial charge in [0.1, 0.15) is 13.2 Å². The molecule has 0 aromatic heterocycles. The Morgan fingerprint density at radius 3 is 0.780 bits per heavy atom. The van der Waals surface area contributed by atoms with Crippen molar-refractivity contribution in [3.63, 3.8) is 0 Å². The second kappa shape index (κ2) is 69.6. The van der Waals surface area contributed by atoms with Crippen LogP contribution < -0.4 is 0 Å². The summed E-state index contributed by atoms with van der Waals surface area (Å²) in [5.74, 6) is -0.883. The van der Waals surface area contributed by atoms with Gasteiger partial charge in [-0.05, 0) is 128 Å². The van der Waals surface area contributed by atoms with Gasteiger partial charge in [-0.2, -0.15) is 0 Å². The van der Waals surface area contributed by atoms with Gasteiger partial charge in [0.05, 0.1) is 0 Å². The van der Waals surface area contributed by atoms with E-state index in [2.05, 4.69) is 130 Å². The van der Waals surface area contributed by atoms with E-state index in [4.69, 9.17) is 14.2 Å². The highest BCUT2D eigenvalue weighted by Gasteiger charge is 2.19. The lowest BCUT2D eigenvalue weighted by Crippen LogP contribution is -2.30. The molecule has 6 heteroatoms. The largest absolute Gasteiger partial charge is 0.462 e. The van der Waals surface area contributed by atoms with Gasteiger partial charge >= 0.3 is 17.9 Å². The Hall–Kier alpha value is -3.93. The lowest BCUT2D eigenvalue weighted by Gasteiger charge is -2.18. The Kier molecular flexibility index (Phi) is 66.2. The summed E-state index contributed by atoms with van der Waals surface area (Å²) in [6.07, 6.45) is 95.4. The summed E-state index contributed by atoms with van der Waals surface area (Å²) in [6.45, 7) is 6.52. The number of rotatable bonds is 63. The summed E-state index contributed by atoms with van der Waals surface area (Å²) in [5, 5.41) is 0. The van der Waals surface area contributed by atoms with Gasteiger partial charge in [0.2, 0.25) is 0 Å². The van der Waals surface area contributed by atoms with Crippen LogP contribution in [-0.2, 0) is 28.6 Å². The molecule has 0 N–H and O–H groups in total. The number of allylic oxidation sites excluding steroid dienone is 18. The van der Waals surface area contributed by atoms with E-state index in [1.807, 2.05) is 0 Å². The number of unbranched alkanes of at least 4 members (excludes halogenated alkanes) is 34. The zero-order valence-corrected chi connectivity index (χ0v) is 54.0. The first-order valence-electron chi connectivity index (χ1n) is 34.9. The lowest BCUT2D eigenvalue weighted by molar-refractivity contribution is -0.167. The minimum Gasteiger partial charge on any atom is -0.462 e. The number of hydrogen-bond donors (Lipinski definition) is 0. The second-order valence-corrected chi connectivity index (χ2v) is 23.1. The van der Waals surface area contributed by atoms with E-state index in [1.165, 1.54) is 186 Å². The molecule has 470 valence electrons. The molecular formula is C76H130O6. The van der Waals surface area contributed by atoms with E-state index in [0.29, 0.717) is 19.3 Å². The summed E-state index contributed by atoms with van der Waals surface area (Å²) in [5.41, 5.74) is 0. The first-order valence-corrected chi connectivity index (χ1v) is 34.9. The smallest absolute Gasteiger partial charge is 0.306 e. The number of esters is 3. The topological polar surface area (TPSA) is 78.9 Å². The van der Waals surface area contributed by atoms with Gasteiger partial charge in [-0.15, -0.1) is 0 Å². The van der Waals surface area contributed by atoms with Crippen LogP contribution in [0.2, 0.25) is 0 Å². The molecule has 0 saturated heterocycles. The molecule has 0 bridgehead atoms. The van der Waals surface area contributed by atoms with Crippen LogP contribution in [0, 0.1) is 0 Å². The highest BCUT2D eigenvalue weighted by Crippen LogP contribution is 2.16. The van der Waals surface area contributed by atoms with Crippen molar-refractivity contribution >= 4 is 17.9 Å². The van der Waals surface area contributed by atoms with Crippen molar-refractivity contribution in [2.24, 2.45) is 0 Å². The van der Waals surface area contributed by atoms with Gasteiger partial charge < -0.3 is 14.2 Å². The van der Waals surface area contributed by atoms with E-state index >= 15 is 0 Å². The SMILES string of the molecule is CC/C=C\C/C=C\C/C=C\C/C=C\C/C=C\C/C=C\C/C=C\CCCCCCCCCCCCCC(=O)OCC(COC(=O)CCCCCCC/C=C\CCCCC)OC(=O)CCCCCCCCCCC/C=C\CCCCCCCC. The van der Waals surface area contributed by atoms with Crippen molar-refractivity contribution < 1.29 is 28.6 Å². The van der Waals surface area contributed by atoms with E-state index < -0.39 is 6.10 Å². The first-order chi connectivity index (χ1) is 40.5. The predicted molar refractivity (Wildman–Crippen MR) is 357 cm³/mol. The van der Waals surface area contributed by atoms with E-state index in [1.54, 1.807) is 0 Å². The molecule has 0 aliphatic heterocycles. The maximum absolute atomic E-state index is 12.9. The van der Waals surface area contributed by atoms with Crippen LogP contribution in [0.25, 0.3) is 0 Å². The van der Waals surface area contributed by atoms with Crippen LogP contribution in [0.5, 0.6) is 0 Å². The molecule has 1 atom stereocenters. The average Bonchev–Trinajstić information content (AvgIpc) is 3.47. The molecule has 0 aromatic rings. The maximum Gasteiger partial charge on any atom is 0.306 e. The van der Waals surface area contributed by atoms with E-state index in [0.717, 1.165) is 109 Å². The Balaban J connectivity index is 4.23. The zero-order chi connectivity index (χ0) is 59.2. The number of hydrogen-bond acceptors (Lipinski definition) is 6. The normalized spacial score (nSPS) is 12.8. The Morgan fingerprint density at radius 2 is 0.476 bits per heavy atom. The standard InChI is InChI=1S/C76H130O6/c1-4-7-10-13-16-19-22-25-27-29-31-32-33-34-35-36-37-38-39-40-41-42-43-44-46-47-49-51-54-57-60-63-66-69-75(78)81-72-73(71-80-74(77)68-65-62-59-56-53-24-21-18-15-12-9-6-3)82-76(79)70-67-64-61-58-55-52-50-48-45-30-28-26-23-20-17-14-11-8-5-2/h7,10,16,18-19,21,25-28,31-32,34-35,37-38,40-41,73H,4-6,8-9,11-15,17,20,22-24,29-30,33,36,39,42-72H2,1-3H3/b10-7-,19-16-,21-18-,27-25-,28-26-,32-31-,35-34-,38-37-,41-40-. The number of carbonyl (C=O) groups is 3. The Morgan fingerprint density at radius 1 is 0.256 bits per heavy atom. The average molecular weight is 1140 g/mol. The highest BCUT2D eigenvalue weighted by molar-refractivity contribution is 5.71. The monoisotopic (exact) mass is 1140 g/mol. The van der Waals surface area contributed by atoms with Crippen molar-refractivity contribution in [3.05, 3.63) is 109 Å². The van der Waals surface area contributed by atoms with Gasteiger partial charge in [-0.25, -0.2) is 0 Å². The summed E-state index contributed by atoms with van der Waals surface area (Å²) < 4.78 is 16.9. The van der Waals surface area contributed by atoms with Crippen LogP contribution in [0.15, 0.2) is 109 Å². The van der Waals surface area contributed by atoms with Gasteiger partial charge in [-0.3, -0.25) is 14.4 Å². The van der Waals surface area contributed by atoms with Crippen molar-refractivity contribution in [1.82, 2.24) is 0 Å². The van der Waals surface area contributed by atoms with Crippen LogP contribution in [0.3, 0.4) is 0 Å². The van der Waals surface area contributed by atoms with Gasteiger partial charge in [0.25, 0.3) is 0 Å². The summed E-state index contributed by atoms with van der Waals surface area (Å²) in [4.78, 5) is 38.4. The predicted octanol–water partition coefficient (Wildman–Crippen LogP) is 24.2. The van der Waals surface area contributed by atoms with E-state index in [-0.39, 0.29) is 31.1 Å². The fraction of sp³-hybridized carbons (Fsp3) is 0.724. The Bertz CT molecular complexity index is 1640. The molecule has 0 aliphatic carbocycles. The highest BCUT2D eigenvalue weighted by atomic mass is 16.6. The molecule has 1 unspecified atom stereocenters. The molecule has 0 aromatic carbocycles. The van der Waals surface area contributed by atoms with Crippen molar-refractivity contribution in [1.29, 1.82) is 0 Å². The molecule has 0 spiro atoms. The fourth-order valence-corrected chi connectivity index (χ4v) is 9.77. The molecule has 0 rings (SSSR count). The van der Waals surface area contributed by atoms with Gasteiger partial charge in [0, 0.05) is 19.3 Å².